The van der Waals surface area contributed by atoms with Crippen LogP contribution in [0.15, 0.2) is 42.5 Å². The maximum absolute atomic E-state index is 6.19. The number of nitrogens with two attached hydrogens (primary N) is 1. The number of piperidine rings is 1. The van der Waals surface area contributed by atoms with Gasteiger partial charge in [0.25, 0.3) is 0 Å². The SMILES string of the molecule is CCC1CN(Cc2ccc3ccccc3c2)CCC1N. The van der Waals surface area contributed by atoms with E-state index in [0.29, 0.717) is 12.0 Å². The van der Waals surface area contributed by atoms with Crippen LogP contribution in [-0.4, -0.2) is 24.0 Å². The van der Waals surface area contributed by atoms with Gasteiger partial charge in [-0.1, -0.05) is 49.7 Å². The topological polar surface area (TPSA) is 29.3 Å². The second-order valence-electron chi connectivity index (χ2n) is 6.04. The van der Waals surface area contributed by atoms with Crippen molar-refractivity contribution in [2.45, 2.75) is 32.4 Å². The van der Waals surface area contributed by atoms with Crippen molar-refractivity contribution < 1.29 is 0 Å². The summed E-state index contributed by atoms with van der Waals surface area (Å²) in [6.07, 6.45) is 2.32. The minimum Gasteiger partial charge on any atom is -0.327 e. The van der Waals surface area contributed by atoms with E-state index < -0.39 is 0 Å². The van der Waals surface area contributed by atoms with Crippen LogP contribution in [0.1, 0.15) is 25.3 Å². The first-order valence-corrected chi connectivity index (χ1v) is 7.72. The van der Waals surface area contributed by atoms with E-state index in [9.17, 15) is 0 Å². The van der Waals surface area contributed by atoms with Crippen molar-refractivity contribution in [3.05, 3.63) is 48.0 Å². The number of nitrogens with zero attached hydrogens (tertiary/aromatic N) is 1. The van der Waals surface area contributed by atoms with Gasteiger partial charge in [-0.3, -0.25) is 4.90 Å². The standard InChI is InChI=1S/C18H24N2/c1-2-15-13-20(10-9-18(15)19)12-14-7-8-16-5-3-4-6-17(16)11-14/h3-8,11,15,18H,2,9-10,12-13,19H2,1H3. The van der Waals surface area contributed by atoms with Gasteiger partial charge in [-0.2, -0.15) is 0 Å². The molecule has 20 heavy (non-hydrogen) atoms. The van der Waals surface area contributed by atoms with Crippen LogP contribution < -0.4 is 5.73 Å². The molecule has 106 valence electrons. The molecule has 0 aromatic heterocycles. The summed E-state index contributed by atoms with van der Waals surface area (Å²) in [5, 5.41) is 2.66. The first-order valence-electron chi connectivity index (χ1n) is 7.72. The molecule has 1 heterocycles. The Morgan fingerprint density at radius 2 is 1.95 bits per heavy atom. The average Bonchev–Trinajstić information content (AvgIpc) is 2.49. The fourth-order valence-corrected chi connectivity index (χ4v) is 3.30. The summed E-state index contributed by atoms with van der Waals surface area (Å²) in [4.78, 5) is 2.56. The van der Waals surface area contributed by atoms with Crippen molar-refractivity contribution in [1.29, 1.82) is 0 Å². The van der Waals surface area contributed by atoms with Crippen LogP contribution in [0.3, 0.4) is 0 Å². The highest BCUT2D eigenvalue weighted by atomic mass is 15.1. The minimum atomic E-state index is 0.396. The van der Waals surface area contributed by atoms with Gasteiger partial charge in [-0.15, -0.1) is 0 Å². The molecular weight excluding hydrogens is 244 g/mol. The van der Waals surface area contributed by atoms with E-state index in [1.165, 1.54) is 22.8 Å². The van der Waals surface area contributed by atoms with Gasteiger partial charge in [0, 0.05) is 19.1 Å². The third-order valence-corrected chi connectivity index (χ3v) is 4.62. The van der Waals surface area contributed by atoms with E-state index in [1.807, 2.05) is 0 Å². The largest absolute Gasteiger partial charge is 0.327 e. The third-order valence-electron chi connectivity index (χ3n) is 4.62. The number of rotatable bonds is 3. The van der Waals surface area contributed by atoms with Crippen molar-refractivity contribution >= 4 is 10.8 Å². The van der Waals surface area contributed by atoms with Crippen molar-refractivity contribution in [2.75, 3.05) is 13.1 Å². The summed E-state index contributed by atoms with van der Waals surface area (Å²) in [7, 11) is 0. The van der Waals surface area contributed by atoms with Crippen LogP contribution in [-0.2, 0) is 6.54 Å². The monoisotopic (exact) mass is 268 g/mol. The molecule has 1 fully saturated rings. The van der Waals surface area contributed by atoms with E-state index in [2.05, 4.69) is 54.3 Å². The fraction of sp³-hybridized carbons (Fsp3) is 0.444. The first-order chi connectivity index (χ1) is 9.76. The maximum Gasteiger partial charge on any atom is 0.0234 e. The summed E-state index contributed by atoms with van der Waals surface area (Å²) in [5.41, 5.74) is 7.60. The van der Waals surface area contributed by atoms with Gasteiger partial charge in [-0.25, -0.2) is 0 Å². The molecule has 2 unspecified atom stereocenters. The zero-order chi connectivity index (χ0) is 13.9. The number of hydrogen-bond donors (Lipinski definition) is 1. The second-order valence-corrected chi connectivity index (χ2v) is 6.04. The van der Waals surface area contributed by atoms with Gasteiger partial charge in [0.2, 0.25) is 0 Å². The number of benzene rings is 2. The quantitative estimate of drug-likeness (QED) is 0.924. The molecule has 2 aromatic rings. The molecule has 0 spiro atoms. The molecule has 1 aliphatic heterocycles. The first kappa shape index (κ1) is 13.6. The molecule has 0 bridgehead atoms. The molecule has 2 nitrogen and oxygen atoms in total. The summed E-state index contributed by atoms with van der Waals surface area (Å²) >= 11 is 0. The number of hydrogen-bond acceptors (Lipinski definition) is 2. The van der Waals surface area contributed by atoms with Gasteiger partial charge >= 0.3 is 0 Å². The van der Waals surface area contributed by atoms with Crippen LogP contribution in [0.2, 0.25) is 0 Å². The number of likely N-dealkylation sites (tertiary alicyclic amines) is 1. The Morgan fingerprint density at radius 1 is 1.15 bits per heavy atom. The molecule has 3 rings (SSSR count). The summed E-state index contributed by atoms with van der Waals surface area (Å²) < 4.78 is 0. The molecule has 0 saturated carbocycles. The summed E-state index contributed by atoms with van der Waals surface area (Å²) in [6.45, 7) is 5.58. The molecule has 2 N–H and O–H groups in total. The predicted octanol–water partition coefficient (Wildman–Crippen LogP) is 3.40. The Labute approximate surface area is 121 Å². The van der Waals surface area contributed by atoms with Gasteiger partial charge in [-0.05, 0) is 41.3 Å². The lowest BCUT2D eigenvalue weighted by atomic mass is 9.90. The molecule has 1 aliphatic rings. The minimum absolute atomic E-state index is 0.396. The van der Waals surface area contributed by atoms with Gasteiger partial charge in [0.15, 0.2) is 0 Å². The maximum atomic E-state index is 6.19. The Hall–Kier alpha value is -1.38. The van der Waals surface area contributed by atoms with Crippen LogP contribution in [0.4, 0.5) is 0 Å². The lowest BCUT2D eigenvalue weighted by Gasteiger charge is -2.36. The molecular formula is C18H24N2. The molecule has 2 aromatic carbocycles. The molecule has 1 saturated heterocycles. The van der Waals surface area contributed by atoms with Crippen LogP contribution in [0.5, 0.6) is 0 Å². The van der Waals surface area contributed by atoms with Crippen LogP contribution >= 0.6 is 0 Å². The molecule has 0 aliphatic carbocycles. The Balaban J connectivity index is 1.73. The normalized spacial score (nSPS) is 24.1. The van der Waals surface area contributed by atoms with E-state index in [4.69, 9.17) is 5.73 Å². The summed E-state index contributed by atoms with van der Waals surface area (Å²) in [5.74, 6) is 0.657. The van der Waals surface area contributed by atoms with Gasteiger partial charge in [0.05, 0.1) is 0 Å². The molecule has 2 atom stereocenters. The Bertz CT molecular complexity index is 578. The highest BCUT2D eigenvalue weighted by molar-refractivity contribution is 5.82. The molecule has 2 heteroatoms. The highest BCUT2D eigenvalue weighted by Gasteiger charge is 2.24. The highest BCUT2D eigenvalue weighted by Crippen LogP contribution is 2.22. The Kier molecular flexibility index (Phi) is 4.04. The van der Waals surface area contributed by atoms with E-state index in [1.54, 1.807) is 0 Å². The molecule has 0 amide bonds. The van der Waals surface area contributed by atoms with Crippen LogP contribution in [0, 0.1) is 5.92 Å². The van der Waals surface area contributed by atoms with Gasteiger partial charge in [0.1, 0.15) is 0 Å². The summed E-state index contributed by atoms with van der Waals surface area (Å²) in [6, 6.07) is 15.8. The van der Waals surface area contributed by atoms with E-state index in [0.717, 1.165) is 26.1 Å². The Morgan fingerprint density at radius 3 is 2.75 bits per heavy atom. The number of fused-ring (bicyclic) bond motifs is 1. The zero-order valence-electron chi connectivity index (χ0n) is 12.3. The second kappa shape index (κ2) is 5.94. The lowest BCUT2D eigenvalue weighted by molar-refractivity contribution is 0.145. The zero-order valence-corrected chi connectivity index (χ0v) is 12.3. The third kappa shape index (κ3) is 2.87. The van der Waals surface area contributed by atoms with E-state index >= 15 is 0 Å². The smallest absolute Gasteiger partial charge is 0.0234 e. The molecule has 0 radical (unpaired) electrons. The predicted molar refractivity (Wildman–Crippen MR) is 85.6 cm³/mol. The average molecular weight is 268 g/mol. The van der Waals surface area contributed by atoms with E-state index in [-0.39, 0.29) is 0 Å². The van der Waals surface area contributed by atoms with Crippen LogP contribution in [0.25, 0.3) is 10.8 Å². The lowest BCUT2D eigenvalue weighted by Crippen LogP contribution is -2.46. The van der Waals surface area contributed by atoms with Gasteiger partial charge < -0.3 is 5.73 Å². The van der Waals surface area contributed by atoms with Crippen molar-refractivity contribution in [3.63, 3.8) is 0 Å². The van der Waals surface area contributed by atoms with Crippen molar-refractivity contribution in [2.24, 2.45) is 11.7 Å². The fourth-order valence-electron chi connectivity index (χ4n) is 3.30. The van der Waals surface area contributed by atoms with Crippen molar-refractivity contribution in [3.8, 4) is 0 Å². The van der Waals surface area contributed by atoms with Crippen molar-refractivity contribution in [1.82, 2.24) is 4.90 Å².